The molecule has 4 heteroatoms. The second-order valence-corrected chi connectivity index (χ2v) is 5.92. The number of carbonyl (C=O) groups is 1. The molecule has 1 rings (SSSR count). The van der Waals surface area contributed by atoms with Gasteiger partial charge in [-0.3, -0.25) is 4.79 Å². The second kappa shape index (κ2) is 6.36. The molecular weight excluding hydrogens is 214 g/mol. The number of carbonyl (C=O) groups excluding carboxylic acids is 1. The van der Waals surface area contributed by atoms with Crippen LogP contribution in [0.5, 0.6) is 0 Å². The molecule has 1 heterocycles. The van der Waals surface area contributed by atoms with Gasteiger partial charge in [0, 0.05) is 18.5 Å². The fourth-order valence-electron chi connectivity index (χ4n) is 2.30. The van der Waals surface area contributed by atoms with Crippen molar-refractivity contribution in [2.45, 2.75) is 45.6 Å². The molecule has 0 aromatic carbocycles. The number of hydrogen-bond acceptors (Lipinski definition) is 3. The van der Waals surface area contributed by atoms with Crippen LogP contribution in [0.1, 0.15) is 40.0 Å². The Morgan fingerprint density at radius 3 is 2.82 bits per heavy atom. The van der Waals surface area contributed by atoms with Crippen molar-refractivity contribution in [2.24, 2.45) is 17.6 Å². The van der Waals surface area contributed by atoms with Gasteiger partial charge in [0.05, 0.1) is 0 Å². The van der Waals surface area contributed by atoms with E-state index in [1.807, 2.05) is 13.8 Å². The molecular formula is C13H27N3O. The van der Waals surface area contributed by atoms with Crippen LogP contribution >= 0.6 is 0 Å². The Labute approximate surface area is 105 Å². The predicted octanol–water partition coefficient (Wildman–Crippen LogP) is 0.866. The molecule has 4 N–H and O–H groups in total. The van der Waals surface area contributed by atoms with Crippen LogP contribution in [0.15, 0.2) is 0 Å². The monoisotopic (exact) mass is 241 g/mol. The Morgan fingerprint density at radius 1 is 1.59 bits per heavy atom. The molecule has 100 valence electrons. The maximum absolute atomic E-state index is 11.9. The van der Waals surface area contributed by atoms with Gasteiger partial charge in [0.1, 0.15) is 0 Å². The van der Waals surface area contributed by atoms with Crippen LogP contribution in [0, 0.1) is 11.8 Å². The molecule has 0 aliphatic carbocycles. The second-order valence-electron chi connectivity index (χ2n) is 5.92. The number of hydrogen-bond donors (Lipinski definition) is 3. The Hall–Kier alpha value is -0.610. The summed E-state index contributed by atoms with van der Waals surface area (Å²) in [5, 5.41) is 6.39. The molecule has 0 spiro atoms. The van der Waals surface area contributed by atoms with Gasteiger partial charge in [-0.05, 0) is 51.6 Å². The molecule has 17 heavy (non-hydrogen) atoms. The van der Waals surface area contributed by atoms with Gasteiger partial charge in [0.15, 0.2) is 0 Å². The largest absolute Gasteiger partial charge is 0.350 e. The average molecular weight is 241 g/mol. The van der Waals surface area contributed by atoms with Crippen molar-refractivity contribution in [1.29, 1.82) is 0 Å². The van der Waals surface area contributed by atoms with E-state index in [1.54, 1.807) is 0 Å². The summed E-state index contributed by atoms with van der Waals surface area (Å²) in [6, 6.07) is 0. The maximum Gasteiger partial charge on any atom is 0.220 e. The van der Waals surface area contributed by atoms with E-state index in [9.17, 15) is 4.79 Å². The molecule has 0 bridgehead atoms. The van der Waals surface area contributed by atoms with Crippen LogP contribution < -0.4 is 16.4 Å². The summed E-state index contributed by atoms with van der Waals surface area (Å²) < 4.78 is 0. The first kappa shape index (κ1) is 14.5. The zero-order valence-electron chi connectivity index (χ0n) is 11.4. The summed E-state index contributed by atoms with van der Waals surface area (Å²) in [4.78, 5) is 11.9. The van der Waals surface area contributed by atoms with Crippen molar-refractivity contribution in [2.75, 3.05) is 19.6 Å². The van der Waals surface area contributed by atoms with Crippen LogP contribution in [-0.4, -0.2) is 31.1 Å². The lowest BCUT2D eigenvalue weighted by Gasteiger charge is -2.30. The van der Waals surface area contributed by atoms with Crippen LogP contribution in [0.25, 0.3) is 0 Å². The molecule has 0 aromatic rings. The first-order valence-electron chi connectivity index (χ1n) is 6.66. The highest BCUT2D eigenvalue weighted by Gasteiger charge is 2.24. The summed E-state index contributed by atoms with van der Waals surface area (Å²) in [6.45, 7) is 8.73. The zero-order chi connectivity index (χ0) is 12.9. The highest BCUT2D eigenvalue weighted by molar-refractivity contribution is 5.77. The Morgan fingerprint density at radius 2 is 2.29 bits per heavy atom. The highest BCUT2D eigenvalue weighted by atomic mass is 16.1. The molecule has 1 saturated heterocycles. The van der Waals surface area contributed by atoms with E-state index in [4.69, 9.17) is 5.73 Å². The van der Waals surface area contributed by atoms with Crippen molar-refractivity contribution >= 4 is 5.91 Å². The van der Waals surface area contributed by atoms with Gasteiger partial charge in [0.25, 0.3) is 0 Å². The van der Waals surface area contributed by atoms with Gasteiger partial charge in [-0.15, -0.1) is 0 Å². The van der Waals surface area contributed by atoms with E-state index < -0.39 is 0 Å². The first-order valence-corrected chi connectivity index (χ1v) is 6.66. The lowest BCUT2D eigenvalue weighted by Crippen LogP contribution is -2.49. The van der Waals surface area contributed by atoms with Crippen molar-refractivity contribution in [1.82, 2.24) is 10.6 Å². The van der Waals surface area contributed by atoms with Crippen LogP contribution in [0.2, 0.25) is 0 Å². The molecule has 1 aliphatic heterocycles. The average Bonchev–Trinajstić information content (AvgIpc) is 2.29. The van der Waals surface area contributed by atoms with E-state index in [1.165, 1.54) is 12.8 Å². The third-order valence-electron chi connectivity index (χ3n) is 3.64. The third-order valence-corrected chi connectivity index (χ3v) is 3.64. The lowest BCUT2D eigenvalue weighted by molar-refractivity contribution is -0.123. The van der Waals surface area contributed by atoms with E-state index in [0.717, 1.165) is 13.1 Å². The smallest absolute Gasteiger partial charge is 0.220 e. The van der Waals surface area contributed by atoms with Gasteiger partial charge in [-0.25, -0.2) is 0 Å². The lowest BCUT2D eigenvalue weighted by atomic mass is 9.85. The fourth-order valence-corrected chi connectivity index (χ4v) is 2.30. The van der Waals surface area contributed by atoms with Crippen LogP contribution in [-0.2, 0) is 4.79 Å². The fraction of sp³-hybridized carbons (Fsp3) is 0.923. The highest BCUT2D eigenvalue weighted by Crippen LogP contribution is 2.22. The van der Waals surface area contributed by atoms with Gasteiger partial charge < -0.3 is 16.4 Å². The number of piperidine rings is 1. The van der Waals surface area contributed by atoms with E-state index in [0.29, 0.717) is 24.8 Å². The quantitative estimate of drug-likeness (QED) is 0.669. The summed E-state index contributed by atoms with van der Waals surface area (Å²) >= 11 is 0. The molecule has 0 radical (unpaired) electrons. The summed E-state index contributed by atoms with van der Waals surface area (Å²) in [5.41, 5.74) is 5.31. The molecule has 0 aromatic heterocycles. The molecule has 0 saturated carbocycles. The molecule has 1 amide bonds. The predicted molar refractivity (Wildman–Crippen MR) is 70.7 cm³/mol. The SMILES string of the molecule is CC(CC(=O)NC(C)(C)CN)C1CCCNC1. The van der Waals surface area contributed by atoms with Crippen molar-refractivity contribution in [3.8, 4) is 0 Å². The molecule has 2 unspecified atom stereocenters. The van der Waals surface area contributed by atoms with Crippen molar-refractivity contribution in [3.05, 3.63) is 0 Å². The van der Waals surface area contributed by atoms with Crippen LogP contribution in [0.3, 0.4) is 0 Å². The minimum atomic E-state index is -0.290. The van der Waals surface area contributed by atoms with Gasteiger partial charge in [0.2, 0.25) is 5.91 Å². The number of rotatable bonds is 5. The minimum absolute atomic E-state index is 0.124. The number of nitrogens with two attached hydrogens (primary N) is 1. The topological polar surface area (TPSA) is 67.2 Å². The zero-order valence-corrected chi connectivity index (χ0v) is 11.4. The maximum atomic E-state index is 11.9. The van der Waals surface area contributed by atoms with Gasteiger partial charge in [-0.1, -0.05) is 6.92 Å². The minimum Gasteiger partial charge on any atom is -0.350 e. The van der Waals surface area contributed by atoms with E-state index in [2.05, 4.69) is 17.6 Å². The Kier molecular flexibility index (Phi) is 5.40. The van der Waals surface area contributed by atoms with Crippen molar-refractivity contribution < 1.29 is 4.79 Å². The summed E-state index contributed by atoms with van der Waals surface area (Å²) in [5.74, 6) is 1.20. The van der Waals surface area contributed by atoms with Crippen LogP contribution in [0.4, 0.5) is 0 Å². The number of amides is 1. The molecule has 1 fully saturated rings. The van der Waals surface area contributed by atoms with E-state index >= 15 is 0 Å². The third kappa shape index (κ3) is 5.04. The normalized spacial score (nSPS) is 23.2. The molecule has 2 atom stereocenters. The standard InChI is InChI=1S/C13H27N3O/c1-10(11-5-4-6-15-8-11)7-12(17)16-13(2,3)9-14/h10-11,15H,4-9,14H2,1-3H3,(H,16,17). The number of nitrogens with one attached hydrogen (secondary N) is 2. The summed E-state index contributed by atoms with van der Waals surface area (Å²) in [7, 11) is 0. The van der Waals surface area contributed by atoms with Gasteiger partial charge >= 0.3 is 0 Å². The Bertz CT molecular complexity index is 247. The Balaban J connectivity index is 2.34. The van der Waals surface area contributed by atoms with Gasteiger partial charge in [-0.2, -0.15) is 0 Å². The first-order chi connectivity index (χ1) is 7.94. The van der Waals surface area contributed by atoms with E-state index in [-0.39, 0.29) is 11.4 Å². The summed E-state index contributed by atoms with van der Waals surface area (Å²) in [6.07, 6.45) is 3.07. The van der Waals surface area contributed by atoms with Crippen molar-refractivity contribution in [3.63, 3.8) is 0 Å². The molecule has 1 aliphatic rings. The molecule has 4 nitrogen and oxygen atoms in total.